The summed E-state index contributed by atoms with van der Waals surface area (Å²) in [4.78, 5) is 1.99. The molecule has 0 amide bonds. The number of aliphatic hydroxyl groups excluding tert-OH is 1. The second-order valence-corrected chi connectivity index (χ2v) is 2.72. The average molecular weight is 175 g/mol. The Labute approximate surface area is 72.5 Å². The third-order valence-electron chi connectivity index (χ3n) is 1.58. The molecule has 5 heteroatoms. The molecule has 0 spiro atoms. The van der Waals surface area contributed by atoms with Crippen molar-refractivity contribution in [2.24, 2.45) is 10.9 Å². The van der Waals surface area contributed by atoms with Gasteiger partial charge in [0.25, 0.3) is 0 Å². The summed E-state index contributed by atoms with van der Waals surface area (Å²) in [6.45, 7) is 1.67. The normalized spacial score (nSPS) is 12.4. The first kappa shape index (κ1) is 11.2. The molecule has 0 radical (unpaired) electrons. The van der Waals surface area contributed by atoms with Crippen LogP contribution in [0.5, 0.6) is 0 Å². The molecule has 0 aromatic carbocycles. The Kier molecular flexibility index (Phi) is 6.41. The summed E-state index contributed by atoms with van der Waals surface area (Å²) >= 11 is 0. The number of aliphatic hydroxyl groups is 1. The van der Waals surface area contributed by atoms with Crippen LogP contribution in [-0.4, -0.2) is 47.8 Å². The topological polar surface area (TPSA) is 82.1 Å². The largest absolute Gasteiger partial charge is 0.409 e. The van der Waals surface area contributed by atoms with Crippen molar-refractivity contribution >= 4 is 5.84 Å². The fourth-order valence-corrected chi connectivity index (χ4v) is 0.863. The van der Waals surface area contributed by atoms with Crippen LogP contribution in [0.4, 0.5) is 0 Å². The number of oxime groups is 1. The van der Waals surface area contributed by atoms with Gasteiger partial charge in [-0.2, -0.15) is 0 Å². The van der Waals surface area contributed by atoms with Gasteiger partial charge in [0.1, 0.15) is 5.84 Å². The molecule has 0 aliphatic rings. The van der Waals surface area contributed by atoms with Gasteiger partial charge in [0.05, 0.1) is 6.61 Å². The van der Waals surface area contributed by atoms with Crippen LogP contribution in [0.3, 0.4) is 0 Å². The van der Waals surface area contributed by atoms with Gasteiger partial charge >= 0.3 is 0 Å². The lowest BCUT2D eigenvalue weighted by atomic mass is 10.3. The Hall–Kier alpha value is -0.810. The SMILES string of the molecule is CN(CCO)CCC/C(N)=N/O. The fraction of sp³-hybridized carbons (Fsp3) is 0.857. The maximum absolute atomic E-state index is 8.56. The summed E-state index contributed by atoms with van der Waals surface area (Å²) < 4.78 is 0. The van der Waals surface area contributed by atoms with E-state index in [4.69, 9.17) is 16.0 Å². The summed E-state index contributed by atoms with van der Waals surface area (Å²) in [7, 11) is 1.92. The number of amidine groups is 1. The maximum Gasteiger partial charge on any atom is 0.139 e. The summed E-state index contributed by atoms with van der Waals surface area (Å²) in [5, 5.41) is 19.6. The van der Waals surface area contributed by atoms with Crippen molar-refractivity contribution in [3.63, 3.8) is 0 Å². The van der Waals surface area contributed by atoms with E-state index < -0.39 is 0 Å². The predicted molar refractivity (Wildman–Crippen MR) is 47.2 cm³/mol. The highest BCUT2D eigenvalue weighted by molar-refractivity contribution is 5.79. The van der Waals surface area contributed by atoms with Crippen molar-refractivity contribution in [2.45, 2.75) is 12.8 Å². The van der Waals surface area contributed by atoms with Gasteiger partial charge in [-0.3, -0.25) is 0 Å². The zero-order chi connectivity index (χ0) is 9.40. The zero-order valence-corrected chi connectivity index (χ0v) is 7.40. The number of likely N-dealkylation sites (N-methyl/N-ethyl adjacent to an activating group) is 1. The van der Waals surface area contributed by atoms with Crippen molar-refractivity contribution < 1.29 is 10.3 Å². The Bertz CT molecular complexity index is 139. The molecule has 72 valence electrons. The molecule has 4 N–H and O–H groups in total. The van der Waals surface area contributed by atoms with E-state index in [1.807, 2.05) is 11.9 Å². The molecule has 0 aromatic heterocycles. The quantitative estimate of drug-likeness (QED) is 0.219. The number of hydrogen-bond donors (Lipinski definition) is 3. The van der Waals surface area contributed by atoms with Gasteiger partial charge in [0.2, 0.25) is 0 Å². The van der Waals surface area contributed by atoms with E-state index >= 15 is 0 Å². The van der Waals surface area contributed by atoms with Gasteiger partial charge < -0.3 is 20.9 Å². The van der Waals surface area contributed by atoms with E-state index in [0.29, 0.717) is 13.0 Å². The minimum atomic E-state index is 0.167. The van der Waals surface area contributed by atoms with E-state index in [-0.39, 0.29) is 12.4 Å². The molecule has 0 saturated carbocycles. The van der Waals surface area contributed by atoms with Crippen LogP contribution < -0.4 is 5.73 Å². The van der Waals surface area contributed by atoms with Crippen LogP contribution in [0.1, 0.15) is 12.8 Å². The van der Waals surface area contributed by atoms with Crippen molar-refractivity contribution in [1.82, 2.24) is 4.90 Å². The molecule has 0 aromatic rings. The number of rotatable bonds is 6. The molecule has 0 aliphatic carbocycles. The van der Waals surface area contributed by atoms with Crippen LogP contribution in [0, 0.1) is 0 Å². The fourth-order valence-electron chi connectivity index (χ4n) is 0.863. The van der Waals surface area contributed by atoms with Gasteiger partial charge in [-0.05, 0) is 20.0 Å². The molecule has 0 unspecified atom stereocenters. The van der Waals surface area contributed by atoms with Gasteiger partial charge in [-0.25, -0.2) is 0 Å². The lowest BCUT2D eigenvalue weighted by Crippen LogP contribution is -2.24. The predicted octanol–water partition coefficient (Wildman–Crippen LogP) is -0.563. The molecule has 0 aliphatic heterocycles. The molecular weight excluding hydrogens is 158 g/mol. The van der Waals surface area contributed by atoms with Crippen molar-refractivity contribution in [3.8, 4) is 0 Å². The maximum atomic E-state index is 8.56. The third-order valence-corrected chi connectivity index (χ3v) is 1.58. The van der Waals surface area contributed by atoms with E-state index in [1.54, 1.807) is 0 Å². The molecule has 0 saturated heterocycles. The lowest BCUT2D eigenvalue weighted by Gasteiger charge is -2.13. The smallest absolute Gasteiger partial charge is 0.139 e. The summed E-state index contributed by atoms with van der Waals surface area (Å²) in [5.74, 6) is 0.257. The van der Waals surface area contributed by atoms with Crippen molar-refractivity contribution in [1.29, 1.82) is 0 Å². The third kappa shape index (κ3) is 5.94. The van der Waals surface area contributed by atoms with E-state index in [9.17, 15) is 0 Å². The summed E-state index contributed by atoms with van der Waals surface area (Å²) in [5.41, 5.74) is 5.27. The Morgan fingerprint density at radius 3 is 2.67 bits per heavy atom. The molecule has 5 nitrogen and oxygen atoms in total. The molecule has 0 heterocycles. The van der Waals surface area contributed by atoms with Gasteiger partial charge in [0, 0.05) is 13.0 Å². The monoisotopic (exact) mass is 175 g/mol. The molecule has 0 bridgehead atoms. The van der Waals surface area contributed by atoms with Crippen LogP contribution in [0.25, 0.3) is 0 Å². The van der Waals surface area contributed by atoms with E-state index in [1.165, 1.54) is 0 Å². The van der Waals surface area contributed by atoms with Crippen molar-refractivity contribution in [2.75, 3.05) is 26.7 Å². The van der Waals surface area contributed by atoms with Crippen molar-refractivity contribution in [3.05, 3.63) is 0 Å². The minimum absolute atomic E-state index is 0.167. The molecule has 12 heavy (non-hydrogen) atoms. The standard InChI is InChI=1S/C7H17N3O2/c1-10(5-6-11)4-2-3-7(8)9-12/h11-12H,2-6H2,1H3,(H2,8,9). The highest BCUT2D eigenvalue weighted by Crippen LogP contribution is 1.92. The second-order valence-electron chi connectivity index (χ2n) is 2.72. The van der Waals surface area contributed by atoms with Crippen LogP contribution >= 0.6 is 0 Å². The van der Waals surface area contributed by atoms with Crippen LogP contribution in [0.15, 0.2) is 5.16 Å². The molecule has 0 atom stereocenters. The highest BCUT2D eigenvalue weighted by Gasteiger charge is 1.98. The van der Waals surface area contributed by atoms with E-state index in [0.717, 1.165) is 13.0 Å². The van der Waals surface area contributed by atoms with Gasteiger partial charge in [-0.1, -0.05) is 5.16 Å². The molecule has 0 fully saturated rings. The Morgan fingerprint density at radius 2 is 2.17 bits per heavy atom. The number of nitrogens with zero attached hydrogens (tertiary/aromatic N) is 2. The lowest BCUT2D eigenvalue weighted by molar-refractivity contribution is 0.220. The average Bonchev–Trinajstić information content (AvgIpc) is 2.04. The van der Waals surface area contributed by atoms with E-state index in [2.05, 4.69) is 5.16 Å². The first-order chi connectivity index (χ1) is 5.70. The first-order valence-electron chi connectivity index (χ1n) is 3.96. The Morgan fingerprint density at radius 1 is 1.50 bits per heavy atom. The summed E-state index contributed by atoms with van der Waals surface area (Å²) in [6.07, 6.45) is 1.43. The zero-order valence-electron chi connectivity index (χ0n) is 7.40. The minimum Gasteiger partial charge on any atom is -0.409 e. The molecule has 0 rings (SSSR count). The van der Waals surface area contributed by atoms with Gasteiger partial charge in [-0.15, -0.1) is 0 Å². The number of nitrogens with two attached hydrogens (primary N) is 1. The Balaban J connectivity index is 3.30. The molecular formula is C7H17N3O2. The first-order valence-corrected chi connectivity index (χ1v) is 3.96. The van der Waals surface area contributed by atoms with Crippen LogP contribution in [0.2, 0.25) is 0 Å². The van der Waals surface area contributed by atoms with Gasteiger partial charge in [0.15, 0.2) is 0 Å². The summed E-state index contributed by atoms with van der Waals surface area (Å²) in [6, 6.07) is 0. The number of hydrogen-bond acceptors (Lipinski definition) is 4. The highest BCUT2D eigenvalue weighted by atomic mass is 16.4. The van der Waals surface area contributed by atoms with Crippen LogP contribution in [-0.2, 0) is 0 Å². The second kappa shape index (κ2) is 6.87.